The molecular weight excluding hydrogens is 786 g/mol. The van der Waals surface area contributed by atoms with Gasteiger partial charge in [0, 0.05) is 36.2 Å². The van der Waals surface area contributed by atoms with E-state index in [0.717, 1.165) is 21.6 Å². The quantitative estimate of drug-likeness (QED) is 0.105. The lowest BCUT2D eigenvalue weighted by Crippen LogP contribution is -2.52. The molecule has 6 rings (SSSR count). The van der Waals surface area contributed by atoms with Crippen molar-refractivity contribution in [3.8, 4) is 5.75 Å². The Hall–Kier alpha value is -6.85. The van der Waals surface area contributed by atoms with E-state index in [1.807, 2.05) is 6.92 Å². The van der Waals surface area contributed by atoms with Gasteiger partial charge in [-0.05, 0) is 127 Å². The first-order valence-electron chi connectivity index (χ1n) is 17.6. The Morgan fingerprint density at radius 3 is 1.67 bits per heavy atom. The molecule has 0 aliphatic rings. The molecule has 58 heavy (non-hydrogen) atoms. The number of hydrogen-bond acceptors (Lipinski definition) is 9. The van der Waals surface area contributed by atoms with Crippen LogP contribution in [0.25, 0.3) is 0 Å². The van der Waals surface area contributed by atoms with E-state index in [1.54, 1.807) is 61.8 Å². The number of hydrazine groups is 1. The molecule has 0 fully saturated rings. The number of anilines is 3. The Balaban J connectivity index is 1.26. The van der Waals surface area contributed by atoms with E-state index in [-0.39, 0.29) is 44.8 Å². The molecule has 0 aliphatic carbocycles. The van der Waals surface area contributed by atoms with Crippen molar-refractivity contribution in [2.24, 2.45) is 0 Å². The summed E-state index contributed by atoms with van der Waals surface area (Å²) in [4.78, 5) is 36.2. The molecule has 17 heteroatoms. The summed E-state index contributed by atoms with van der Waals surface area (Å²) in [6.45, 7) is 3.14. The molecule has 4 aromatic carbocycles. The van der Waals surface area contributed by atoms with Crippen LogP contribution in [0.15, 0.2) is 149 Å². The summed E-state index contributed by atoms with van der Waals surface area (Å²) < 4.78 is 75.1. The number of nitrogens with zero attached hydrogens (tertiary/aromatic N) is 4. The van der Waals surface area contributed by atoms with Crippen LogP contribution in [0.3, 0.4) is 0 Å². The van der Waals surface area contributed by atoms with Gasteiger partial charge in [0.2, 0.25) is 9.84 Å². The number of sulfone groups is 1. The maximum atomic E-state index is 14.2. The number of nitrogens with one attached hydrogen (secondary N) is 3. The van der Waals surface area contributed by atoms with E-state index >= 15 is 0 Å². The molecule has 0 atom stereocenters. The average Bonchev–Trinajstić information content (AvgIpc) is 3.20. The minimum absolute atomic E-state index is 0.0799. The largest absolute Gasteiger partial charge is 0.495 e. The predicted octanol–water partition coefficient (Wildman–Crippen LogP) is 7.56. The topological polar surface area (TPSA) is 180 Å². The summed E-state index contributed by atoms with van der Waals surface area (Å²) in [5, 5.41) is 7.78. The lowest BCUT2D eigenvalue weighted by molar-refractivity contribution is 0.0466. The number of halogens is 1. The first-order valence-corrected chi connectivity index (χ1v) is 20.5. The Kier molecular flexibility index (Phi) is 12.3. The van der Waals surface area contributed by atoms with Gasteiger partial charge in [0.15, 0.2) is 0 Å². The van der Waals surface area contributed by atoms with Gasteiger partial charge < -0.3 is 15.4 Å². The number of methoxy groups -OCH3 is 1. The van der Waals surface area contributed by atoms with E-state index in [1.165, 1.54) is 80.2 Å². The maximum absolute atomic E-state index is 14.2. The highest BCUT2D eigenvalue weighted by atomic mass is 32.2. The number of rotatable bonds is 12. The van der Waals surface area contributed by atoms with Crippen molar-refractivity contribution in [1.29, 1.82) is 0 Å². The molecule has 2 heterocycles. The SMILES string of the molecule is COc1ccc(C)cc1NS(=O)(=O)c1ccc(NC(=O)N(Cc2cccnc2)N(Cc2cccnc2)C(=O)Nc2ccc(S(=O)(=O)c3cc(C)cc(F)c3)cc2)cc1. The number of ether oxygens (including phenoxy) is 1. The molecule has 0 saturated heterocycles. The molecule has 0 unspecified atom stereocenters. The third-order valence-electron chi connectivity index (χ3n) is 8.63. The lowest BCUT2D eigenvalue weighted by Gasteiger charge is -2.35. The van der Waals surface area contributed by atoms with E-state index in [9.17, 15) is 30.8 Å². The van der Waals surface area contributed by atoms with Crippen LogP contribution in [0, 0.1) is 19.7 Å². The van der Waals surface area contributed by atoms with Gasteiger partial charge in [-0.25, -0.2) is 40.8 Å². The molecule has 0 radical (unpaired) electrons. The molecule has 6 aromatic rings. The number of hydrogen-bond donors (Lipinski definition) is 3. The van der Waals surface area contributed by atoms with Crippen molar-refractivity contribution in [3.63, 3.8) is 0 Å². The number of benzene rings is 4. The van der Waals surface area contributed by atoms with Crippen LogP contribution in [-0.4, -0.2) is 56.0 Å². The molecule has 0 saturated carbocycles. The van der Waals surface area contributed by atoms with Gasteiger partial charge in [-0.1, -0.05) is 18.2 Å². The predicted molar refractivity (Wildman–Crippen MR) is 216 cm³/mol. The number of aromatic nitrogens is 2. The summed E-state index contributed by atoms with van der Waals surface area (Å²) in [7, 11) is -6.71. The normalized spacial score (nSPS) is 11.3. The van der Waals surface area contributed by atoms with Crippen LogP contribution in [-0.2, 0) is 33.0 Å². The number of urea groups is 2. The molecule has 0 aliphatic heterocycles. The van der Waals surface area contributed by atoms with Crippen LogP contribution in [0.2, 0.25) is 0 Å². The first kappa shape index (κ1) is 40.8. The summed E-state index contributed by atoms with van der Waals surface area (Å²) >= 11 is 0. The summed E-state index contributed by atoms with van der Waals surface area (Å²) in [5.41, 5.74) is 3.08. The van der Waals surface area contributed by atoms with E-state index in [0.29, 0.717) is 22.4 Å². The van der Waals surface area contributed by atoms with Crippen molar-refractivity contribution in [1.82, 2.24) is 20.0 Å². The van der Waals surface area contributed by atoms with Crippen LogP contribution in [0.4, 0.5) is 31.0 Å². The first-order chi connectivity index (χ1) is 27.7. The maximum Gasteiger partial charge on any atom is 0.341 e. The Labute approximate surface area is 335 Å². The van der Waals surface area contributed by atoms with Gasteiger partial charge in [-0.15, -0.1) is 0 Å². The number of sulfonamides is 1. The lowest BCUT2D eigenvalue weighted by atomic mass is 10.2. The highest BCUT2D eigenvalue weighted by Crippen LogP contribution is 2.29. The number of aryl methyl sites for hydroxylation is 2. The van der Waals surface area contributed by atoms with Gasteiger partial charge in [0.25, 0.3) is 10.0 Å². The summed E-state index contributed by atoms with van der Waals surface area (Å²) in [6, 6.07) is 24.7. The van der Waals surface area contributed by atoms with Gasteiger partial charge in [-0.2, -0.15) is 0 Å². The Morgan fingerprint density at radius 2 is 1.19 bits per heavy atom. The number of pyridine rings is 2. The highest BCUT2D eigenvalue weighted by molar-refractivity contribution is 7.92. The Morgan fingerprint density at radius 1 is 0.655 bits per heavy atom. The standard InChI is InChI=1S/C41H38FN7O7S2/c1-28-8-17-39(56-3)38(22-28)47-58(54,55)36-15-11-34(12-16-36)46-41(51)49(27-31-7-5-19-44-25-31)48(26-30-6-4-18-43-24-30)40(50)45-33-9-13-35(14-10-33)57(52,53)37-21-29(2)20-32(42)23-37/h4-25,47H,26-27H2,1-3H3,(H,45,50)(H,46,51). The second-order valence-electron chi connectivity index (χ2n) is 13.0. The minimum Gasteiger partial charge on any atom is -0.495 e. The zero-order chi connectivity index (χ0) is 41.5. The second-order valence-corrected chi connectivity index (χ2v) is 16.7. The third-order valence-corrected chi connectivity index (χ3v) is 11.8. The Bertz CT molecular complexity index is 2620. The van der Waals surface area contributed by atoms with Crippen molar-refractivity contribution >= 4 is 49.0 Å². The zero-order valence-electron chi connectivity index (χ0n) is 31.5. The number of amides is 4. The highest BCUT2D eigenvalue weighted by Gasteiger charge is 2.28. The van der Waals surface area contributed by atoms with Crippen molar-refractivity contribution < 1.29 is 35.6 Å². The molecule has 14 nitrogen and oxygen atoms in total. The van der Waals surface area contributed by atoms with Crippen LogP contribution in [0.1, 0.15) is 22.3 Å². The van der Waals surface area contributed by atoms with Gasteiger partial charge in [0.1, 0.15) is 11.6 Å². The van der Waals surface area contributed by atoms with E-state index < -0.39 is 37.7 Å². The van der Waals surface area contributed by atoms with E-state index in [4.69, 9.17) is 4.74 Å². The number of carbonyl (C=O) groups is 2. The zero-order valence-corrected chi connectivity index (χ0v) is 33.1. The van der Waals surface area contributed by atoms with Crippen molar-refractivity contribution in [3.05, 3.63) is 162 Å². The minimum atomic E-state index is -4.08. The molecule has 3 N–H and O–H groups in total. The molecular formula is C41H38FN7O7S2. The van der Waals surface area contributed by atoms with Gasteiger partial charge in [-0.3, -0.25) is 14.7 Å². The van der Waals surface area contributed by atoms with Crippen LogP contribution >= 0.6 is 0 Å². The second kappa shape index (κ2) is 17.5. The third kappa shape index (κ3) is 9.93. The molecule has 0 spiro atoms. The smallest absolute Gasteiger partial charge is 0.341 e. The fraction of sp³-hybridized carbons (Fsp3) is 0.122. The fourth-order valence-electron chi connectivity index (χ4n) is 5.77. The molecule has 298 valence electrons. The van der Waals surface area contributed by atoms with Crippen LogP contribution < -0.4 is 20.1 Å². The molecule has 2 aromatic heterocycles. The molecule has 0 bridgehead atoms. The summed E-state index contributed by atoms with van der Waals surface area (Å²) in [6.07, 6.45) is 6.20. The summed E-state index contributed by atoms with van der Waals surface area (Å²) in [5.74, 6) is -0.346. The van der Waals surface area contributed by atoms with Crippen LogP contribution in [0.5, 0.6) is 5.75 Å². The van der Waals surface area contributed by atoms with Gasteiger partial charge >= 0.3 is 12.1 Å². The molecule has 4 amide bonds. The van der Waals surface area contributed by atoms with Crippen molar-refractivity contribution in [2.45, 2.75) is 41.6 Å². The van der Waals surface area contributed by atoms with E-state index in [2.05, 4.69) is 25.3 Å². The van der Waals surface area contributed by atoms with Gasteiger partial charge in [0.05, 0.1) is 40.6 Å². The number of carbonyl (C=O) groups excluding carboxylic acids is 2. The monoisotopic (exact) mass is 823 g/mol. The fourth-order valence-corrected chi connectivity index (χ4v) is 8.21. The average molecular weight is 824 g/mol. The van der Waals surface area contributed by atoms with Crippen molar-refractivity contribution in [2.75, 3.05) is 22.5 Å².